The summed E-state index contributed by atoms with van der Waals surface area (Å²) < 4.78 is 10.5. The molecule has 0 saturated carbocycles. The highest BCUT2D eigenvalue weighted by Gasteiger charge is 2.41. The Hall–Kier alpha value is -4.42. The SMILES string of the molecule is COC(=O)N[C@H](C(=O)N1CCC[C@H]1C(=O)NC(C(=O)c1nnc(C(C)(C)c2cnc3ccccc3n2)o1)C(C)C)C(C)C. The zero-order chi connectivity index (χ0) is 31.5. The second kappa shape index (κ2) is 12.8. The van der Waals surface area contributed by atoms with E-state index in [-0.39, 0.29) is 29.5 Å². The number of rotatable bonds is 10. The predicted molar refractivity (Wildman–Crippen MR) is 156 cm³/mol. The number of nitrogens with zero attached hydrogens (tertiary/aromatic N) is 5. The highest BCUT2D eigenvalue weighted by molar-refractivity contribution is 6.00. The molecule has 3 aromatic rings. The van der Waals surface area contributed by atoms with Crippen molar-refractivity contribution in [3.8, 4) is 0 Å². The van der Waals surface area contributed by atoms with Gasteiger partial charge in [0.15, 0.2) is 0 Å². The number of methoxy groups -OCH3 is 1. The van der Waals surface area contributed by atoms with E-state index in [1.807, 2.05) is 38.1 Å². The van der Waals surface area contributed by atoms with Crippen LogP contribution in [0.15, 0.2) is 34.9 Å². The normalized spacial score (nSPS) is 16.8. The molecule has 1 unspecified atom stereocenters. The molecular weight excluding hydrogens is 554 g/mol. The largest absolute Gasteiger partial charge is 0.453 e. The lowest BCUT2D eigenvalue weighted by Crippen LogP contribution is -2.57. The quantitative estimate of drug-likeness (QED) is 0.333. The fourth-order valence-corrected chi connectivity index (χ4v) is 5.04. The maximum atomic E-state index is 13.6. The molecule has 2 N–H and O–H groups in total. The minimum absolute atomic E-state index is 0.180. The van der Waals surface area contributed by atoms with Gasteiger partial charge in [-0.3, -0.25) is 19.4 Å². The Labute approximate surface area is 250 Å². The molecule has 0 radical (unpaired) electrons. The standard InChI is InChI=1S/C30H39N7O6/c1-16(2)22(33-25(39)20-13-10-14-37(20)27(40)23(17(3)4)34-29(41)42-7)24(38)26-35-36-28(43-26)30(5,6)21-15-31-18-11-8-9-12-19(18)32-21/h8-9,11-12,15-17,20,22-23H,10,13-14H2,1-7H3,(H,33,39)(H,34,41)/t20-,22?,23-/m0/s1. The summed E-state index contributed by atoms with van der Waals surface area (Å²) in [7, 11) is 1.22. The average Bonchev–Trinajstić information content (AvgIpc) is 3.68. The summed E-state index contributed by atoms with van der Waals surface area (Å²) in [5.41, 5.74) is 1.21. The van der Waals surface area contributed by atoms with Crippen molar-refractivity contribution < 1.29 is 28.3 Å². The summed E-state index contributed by atoms with van der Waals surface area (Å²) in [5, 5.41) is 13.5. The molecule has 13 nitrogen and oxygen atoms in total. The number of ketones is 1. The Morgan fingerprint density at radius 2 is 1.67 bits per heavy atom. The number of fused-ring (bicyclic) bond motifs is 1. The predicted octanol–water partition coefficient (Wildman–Crippen LogP) is 3.03. The first-order valence-corrected chi connectivity index (χ1v) is 14.4. The molecule has 230 valence electrons. The molecule has 3 atom stereocenters. The summed E-state index contributed by atoms with van der Waals surface area (Å²) in [6.07, 6.45) is 1.94. The van der Waals surface area contributed by atoms with E-state index in [1.165, 1.54) is 12.0 Å². The van der Waals surface area contributed by atoms with Crippen molar-refractivity contribution in [2.24, 2.45) is 11.8 Å². The second-order valence-electron chi connectivity index (χ2n) is 11.9. The van der Waals surface area contributed by atoms with Gasteiger partial charge in [0, 0.05) is 6.54 Å². The van der Waals surface area contributed by atoms with E-state index in [1.54, 1.807) is 33.9 Å². The summed E-state index contributed by atoms with van der Waals surface area (Å²) in [6, 6.07) is 4.84. The van der Waals surface area contributed by atoms with Crippen LogP contribution >= 0.6 is 0 Å². The zero-order valence-corrected chi connectivity index (χ0v) is 25.6. The van der Waals surface area contributed by atoms with Gasteiger partial charge in [-0.25, -0.2) is 9.78 Å². The van der Waals surface area contributed by atoms with Crippen molar-refractivity contribution in [2.45, 2.75) is 77.9 Å². The molecule has 2 aromatic heterocycles. The number of alkyl carbamates (subject to hydrolysis) is 1. The van der Waals surface area contributed by atoms with Gasteiger partial charge in [0.25, 0.3) is 5.89 Å². The highest BCUT2D eigenvalue weighted by Crippen LogP contribution is 2.30. The molecule has 1 aliphatic heterocycles. The Balaban J connectivity index is 1.50. The van der Waals surface area contributed by atoms with Gasteiger partial charge >= 0.3 is 6.09 Å². The molecule has 0 spiro atoms. The monoisotopic (exact) mass is 593 g/mol. The van der Waals surface area contributed by atoms with E-state index >= 15 is 0 Å². The Morgan fingerprint density at radius 1 is 1.00 bits per heavy atom. The van der Waals surface area contributed by atoms with E-state index in [0.717, 1.165) is 5.52 Å². The smallest absolute Gasteiger partial charge is 0.407 e. The maximum Gasteiger partial charge on any atom is 0.407 e. The van der Waals surface area contributed by atoms with Crippen LogP contribution in [-0.4, -0.2) is 80.5 Å². The summed E-state index contributed by atoms with van der Waals surface area (Å²) in [6.45, 7) is 11.2. The molecule has 3 heterocycles. The van der Waals surface area contributed by atoms with Crippen LogP contribution in [0.5, 0.6) is 0 Å². The number of ether oxygens (including phenoxy) is 1. The van der Waals surface area contributed by atoms with Crippen molar-refractivity contribution in [3.05, 3.63) is 47.9 Å². The van der Waals surface area contributed by atoms with Crippen LogP contribution < -0.4 is 10.6 Å². The van der Waals surface area contributed by atoms with Crippen molar-refractivity contribution >= 4 is 34.7 Å². The van der Waals surface area contributed by atoms with E-state index in [4.69, 9.17) is 9.40 Å². The van der Waals surface area contributed by atoms with Crippen LogP contribution in [0.25, 0.3) is 11.0 Å². The van der Waals surface area contributed by atoms with E-state index in [0.29, 0.717) is 30.6 Å². The third kappa shape index (κ3) is 6.65. The highest BCUT2D eigenvalue weighted by atomic mass is 16.5. The molecule has 1 fully saturated rings. The molecule has 0 bridgehead atoms. The van der Waals surface area contributed by atoms with Gasteiger partial charge in [0.2, 0.25) is 23.5 Å². The van der Waals surface area contributed by atoms with Crippen molar-refractivity contribution in [2.75, 3.05) is 13.7 Å². The van der Waals surface area contributed by atoms with Crippen molar-refractivity contribution in [1.29, 1.82) is 0 Å². The third-order valence-corrected chi connectivity index (χ3v) is 7.74. The number of carbonyl (C=O) groups excluding carboxylic acids is 4. The molecule has 13 heteroatoms. The summed E-state index contributed by atoms with van der Waals surface area (Å²) in [5.74, 6) is -2.00. The number of Topliss-reactive ketones (excluding diaryl/α,β-unsaturated/α-hetero) is 1. The van der Waals surface area contributed by atoms with E-state index in [9.17, 15) is 19.2 Å². The minimum Gasteiger partial charge on any atom is -0.453 e. The van der Waals surface area contributed by atoms with Crippen molar-refractivity contribution in [1.82, 2.24) is 35.7 Å². The number of para-hydroxylation sites is 2. The average molecular weight is 594 g/mol. The van der Waals surface area contributed by atoms with Crippen molar-refractivity contribution in [3.63, 3.8) is 0 Å². The number of benzene rings is 1. The summed E-state index contributed by atoms with van der Waals surface area (Å²) >= 11 is 0. The van der Waals surface area contributed by atoms with Crippen LogP contribution in [-0.2, 0) is 19.7 Å². The van der Waals surface area contributed by atoms with Gasteiger partial charge in [-0.1, -0.05) is 39.8 Å². The Morgan fingerprint density at radius 3 is 2.33 bits per heavy atom. The van der Waals surface area contributed by atoms with Crippen LogP contribution in [0.2, 0.25) is 0 Å². The van der Waals surface area contributed by atoms with Gasteiger partial charge in [-0.15, -0.1) is 10.2 Å². The van der Waals surface area contributed by atoms with Crippen LogP contribution in [0.4, 0.5) is 4.79 Å². The number of carbonyl (C=O) groups is 4. The first-order chi connectivity index (χ1) is 20.3. The Kier molecular flexibility index (Phi) is 9.41. The second-order valence-corrected chi connectivity index (χ2v) is 11.9. The fraction of sp³-hybridized carbons (Fsp3) is 0.533. The molecule has 3 amide bonds. The molecule has 43 heavy (non-hydrogen) atoms. The number of hydrogen-bond acceptors (Lipinski definition) is 10. The van der Waals surface area contributed by atoms with Crippen LogP contribution in [0.1, 0.15) is 76.7 Å². The van der Waals surface area contributed by atoms with Gasteiger partial charge < -0.3 is 24.7 Å². The Bertz CT molecular complexity index is 1500. The van der Waals surface area contributed by atoms with Gasteiger partial charge in [0.1, 0.15) is 12.1 Å². The topological polar surface area (TPSA) is 170 Å². The molecular formula is C30H39N7O6. The number of likely N-dealkylation sites (tertiary alicyclic amines) is 1. The third-order valence-electron chi connectivity index (χ3n) is 7.74. The number of nitrogens with one attached hydrogen (secondary N) is 2. The lowest BCUT2D eigenvalue weighted by molar-refractivity contribution is -0.141. The molecule has 1 aromatic carbocycles. The van der Waals surface area contributed by atoms with E-state index in [2.05, 4.69) is 30.6 Å². The zero-order valence-electron chi connectivity index (χ0n) is 25.6. The molecule has 4 rings (SSSR count). The van der Waals surface area contributed by atoms with Gasteiger partial charge in [0.05, 0.1) is 41.5 Å². The van der Waals surface area contributed by atoms with E-state index < -0.39 is 41.3 Å². The lowest BCUT2D eigenvalue weighted by atomic mass is 9.89. The lowest BCUT2D eigenvalue weighted by Gasteiger charge is -2.31. The maximum absolute atomic E-state index is 13.6. The number of amides is 3. The molecule has 1 saturated heterocycles. The molecule has 0 aliphatic carbocycles. The van der Waals surface area contributed by atoms with Crippen LogP contribution in [0.3, 0.4) is 0 Å². The van der Waals surface area contributed by atoms with Gasteiger partial charge in [-0.05, 0) is 50.7 Å². The number of aromatic nitrogens is 4. The summed E-state index contributed by atoms with van der Waals surface area (Å²) in [4.78, 5) is 62.9. The molecule has 1 aliphatic rings. The first kappa shape index (κ1) is 31.5. The van der Waals surface area contributed by atoms with Crippen LogP contribution in [0, 0.1) is 11.8 Å². The number of hydrogen-bond donors (Lipinski definition) is 2. The fourth-order valence-electron chi connectivity index (χ4n) is 5.04. The first-order valence-electron chi connectivity index (χ1n) is 14.4. The minimum atomic E-state index is -0.976. The van der Waals surface area contributed by atoms with Gasteiger partial charge in [-0.2, -0.15) is 0 Å².